The average Bonchev–Trinajstić information content (AvgIpc) is 3.25. The van der Waals surface area contributed by atoms with Crippen LogP contribution in [-0.4, -0.2) is 34.0 Å². The van der Waals surface area contributed by atoms with Gasteiger partial charge in [-0.15, -0.1) is 0 Å². The fraction of sp³-hybridized carbons (Fsp3) is 0.812. The van der Waals surface area contributed by atoms with Crippen molar-refractivity contribution in [2.75, 3.05) is 13.2 Å². The lowest BCUT2D eigenvalue weighted by Crippen LogP contribution is -2.54. The van der Waals surface area contributed by atoms with Gasteiger partial charge in [0.05, 0.1) is 17.6 Å². The monoisotopic (exact) mass is 544 g/mol. The topological polar surface area (TPSA) is 61.8 Å². The molecule has 0 N–H and O–H groups in total. The first-order valence-corrected chi connectivity index (χ1v) is 16.8. The van der Waals surface area contributed by atoms with Crippen LogP contribution in [0.15, 0.2) is 29.2 Å². The Morgan fingerprint density at radius 2 is 1.66 bits per heavy atom. The molecule has 6 heteroatoms. The summed E-state index contributed by atoms with van der Waals surface area (Å²) in [6, 6.07) is 7.00. The number of fused-ring (bicyclic) bond motifs is 5. The average molecular weight is 545 g/mol. The van der Waals surface area contributed by atoms with Gasteiger partial charge < -0.3 is 9.47 Å². The summed E-state index contributed by atoms with van der Waals surface area (Å²) < 4.78 is 43.9. The SMILES string of the molecule is Cc1ccc(S(=O)(=O)OC[C@H]2CC[C@H]3[C@@H]4CC[C@H]5C[C@@H](O[C@@H]6CCCCO6)CC[C@]5(C)[C@H]4CC[C@]23C)cc1. The van der Waals surface area contributed by atoms with Crippen molar-refractivity contribution >= 4 is 10.1 Å². The Bertz CT molecular complexity index is 1080. The normalized spacial score (nSPS) is 43.2. The lowest BCUT2D eigenvalue weighted by atomic mass is 9.44. The summed E-state index contributed by atoms with van der Waals surface area (Å²) in [6.45, 7) is 8.20. The highest BCUT2D eigenvalue weighted by Gasteiger charge is 2.60. The molecule has 0 unspecified atom stereocenters. The molecule has 0 spiro atoms. The highest BCUT2D eigenvalue weighted by atomic mass is 32.2. The molecule has 0 amide bonds. The van der Waals surface area contributed by atoms with Gasteiger partial charge >= 0.3 is 0 Å². The largest absolute Gasteiger partial charge is 0.353 e. The smallest absolute Gasteiger partial charge is 0.296 e. The summed E-state index contributed by atoms with van der Waals surface area (Å²) in [5.41, 5.74) is 1.65. The summed E-state index contributed by atoms with van der Waals surface area (Å²) in [6.07, 6.45) is 14.9. The molecular weight excluding hydrogens is 496 g/mol. The van der Waals surface area contributed by atoms with Crippen molar-refractivity contribution in [2.45, 2.75) is 115 Å². The molecule has 0 radical (unpaired) electrons. The first-order valence-electron chi connectivity index (χ1n) is 15.4. The molecule has 9 atom stereocenters. The van der Waals surface area contributed by atoms with E-state index in [-0.39, 0.29) is 16.6 Å². The molecule has 1 aromatic carbocycles. The number of aryl methyl sites for hydroxylation is 1. The van der Waals surface area contributed by atoms with E-state index in [0.29, 0.717) is 30.0 Å². The second-order valence-corrected chi connectivity index (χ2v) is 15.5. The zero-order valence-corrected chi connectivity index (χ0v) is 24.5. The maximum absolute atomic E-state index is 12.9. The van der Waals surface area contributed by atoms with Crippen molar-refractivity contribution in [2.24, 2.45) is 40.4 Å². The van der Waals surface area contributed by atoms with Gasteiger partial charge in [0.2, 0.25) is 0 Å². The van der Waals surface area contributed by atoms with E-state index in [9.17, 15) is 8.42 Å². The van der Waals surface area contributed by atoms with Crippen molar-refractivity contribution in [1.29, 1.82) is 0 Å². The van der Waals surface area contributed by atoms with Crippen LogP contribution in [0.3, 0.4) is 0 Å². The number of ether oxygens (including phenoxy) is 2. The number of hydrogen-bond donors (Lipinski definition) is 0. The summed E-state index contributed by atoms with van der Waals surface area (Å²) in [5.74, 6) is 3.34. The third-order valence-corrected chi connectivity index (χ3v) is 13.3. The van der Waals surface area contributed by atoms with Crippen LogP contribution in [0.25, 0.3) is 0 Å². The minimum absolute atomic E-state index is 0.0253. The Morgan fingerprint density at radius 1 is 0.895 bits per heavy atom. The fourth-order valence-electron chi connectivity index (χ4n) is 9.70. The van der Waals surface area contributed by atoms with Crippen molar-refractivity contribution in [1.82, 2.24) is 0 Å². The van der Waals surface area contributed by atoms with Crippen LogP contribution in [-0.2, 0) is 23.8 Å². The van der Waals surface area contributed by atoms with Crippen LogP contribution in [0.1, 0.15) is 96.5 Å². The number of hydrogen-bond acceptors (Lipinski definition) is 5. The molecule has 1 heterocycles. The van der Waals surface area contributed by atoms with E-state index >= 15 is 0 Å². The molecule has 5 nitrogen and oxygen atoms in total. The maximum atomic E-state index is 12.9. The van der Waals surface area contributed by atoms with E-state index in [4.69, 9.17) is 13.7 Å². The Labute approximate surface area is 230 Å². The lowest BCUT2D eigenvalue weighted by molar-refractivity contribution is -0.212. The predicted molar refractivity (Wildman–Crippen MR) is 148 cm³/mol. The molecule has 6 rings (SSSR count). The first kappa shape index (κ1) is 27.2. The van der Waals surface area contributed by atoms with Crippen LogP contribution in [0.2, 0.25) is 0 Å². The summed E-state index contributed by atoms with van der Waals surface area (Å²) in [4.78, 5) is 0.271. The molecule has 0 aromatic heterocycles. The third kappa shape index (κ3) is 4.90. The van der Waals surface area contributed by atoms with Gasteiger partial charge in [-0.1, -0.05) is 31.5 Å². The zero-order chi connectivity index (χ0) is 26.5. The van der Waals surface area contributed by atoms with Gasteiger partial charge in [0, 0.05) is 6.61 Å². The first-order chi connectivity index (χ1) is 18.2. The van der Waals surface area contributed by atoms with Crippen LogP contribution in [0.5, 0.6) is 0 Å². The molecule has 5 aliphatic rings. The Kier molecular flexibility index (Phi) is 7.50. The van der Waals surface area contributed by atoms with Gasteiger partial charge in [0.1, 0.15) is 0 Å². The van der Waals surface area contributed by atoms with Gasteiger partial charge in [0.15, 0.2) is 6.29 Å². The van der Waals surface area contributed by atoms with Crippen LogP contribution in [0, 0.1) is 47.3 Å². The maximum Gasteiger partial charge on any atom is 0.296 e. The second kappa shape index (κ2) is 10.5. The zero-order valence-electron chi connectivity index (χ0n) is 23.7. The quantitative estimate of drug-likeness (QED) is 0.278. The molecule has 1 aliphatic heterocycles. The lowest BCUT2D eigenvalue weighted by Gasteiger charge is -2.61. The molecule has 5 fully saturated rings. The van der Waals surface area contributed by atoms with Gasteiger partial charge in [-0.05, 0) is 137 Å². The molecule has 212 valence electrons. The van der Waals surface area contributed by atoms with E-state index in [1.165, 1.54) is 64.2 Å². The molecule has 4 saturated carbocycles. The minimum Gasteiger partial charge on any atom is -0.353 e. The van der Waals surface area contributed by atoms with Gasteiger partial charge in [-0.2, -0.15) is 8.42 Å². The Hall–Kier alpha value is -0.950. The summed E-state index contributed by atoms with van der Waals surface area (Å²) in [5, 5.41) is 0. The van der Waals surface area contributed by atoms with Crippen molar-refractivity contribution < 1.29 is 22.1 Å². The Balaban J connectivity index is 1.09. The van der Waals surface area contributed by atoms with E-state index in [0.717, 1.165) is 42.8 Å². The van der Waals surface area contributed by atoms with E-state index < -0.39 is 10.1 Å². The van der Waals surface area contributed by atoms with Gasteiger partial charge in [0.25, 0.3) is 10.1 Å². The molecule has 1 aromatic rings. The van der Waals surface area contributed by atoms with Crippen LogP contribution < -0.4 is 0 Å². The molecule has 38 heavy (non-hydrogen) atoms. The van der Waals surface area contributed by atoms with Gasteiger partial charge in [-0.3, -0.25) is 4.18 Å². The van der Waals surface area contributed by atoms with Gasteiger partial charge in [-0.25, -0.2) is 0 Å². The highest BCUT2D eigenvalue weighted by Crippen LogP contribution is 2.67. The fourth-order valence-corrected chi connectivity index (χ4v) is 10.7. The van der Waals surface area contributed by atoms with E-state index in [2.05, 4.69) is 13.8 Å². The molecule has 1 saturated heterocycles. The second-order valence-electron chi connectivity index (χ2n) is 13.9. The summed E-state index contributed by atoms with van der Waals surface area (Å²) >= 11 is 0. The molecule has 4 aliphatic carbocycles. The van der Waals surface area contributed by atoms with Crippen molar-refractivity contribution in [3.63, 3.8) is 0 Å². The van der Waals surface area contributed by atoms with Crippen molar-refractivity contribution in [3.8, 4) is 0 Å². The number of rotatable bonds is 6. The number of benzene rings is 1. The summed E-state index contributed by atoms with van der Waals surface area (Å²) in [7, 11) is -3.71. The van der Waals surface area contributed by atoms with Crippen LogP contribution in [0.4, 0.5) is 0 Å². The predicted octanol–water partition coefficient (Wildman–Crippen LogP) is 7.27. The van der Waals surface area contributed by atoms with E-state index in [1.807, 2.05) is 19.1 Å². The molecule has 0 bridgehead atoms. The minimum atomic E-state index is -3.71. The van der Waals surface area contributed by atoms with Crippen LogP contribution >= 0.6 is 0 Å². The van der Waals surface area contributed by atoms with Crippen molar-refractivity contribution in [3.05, 3.63) is 29.8 Å². The van der Waals surface area contributed by atoms with E-state index in [1.54, 1.807) is 12.1 Å². The molecular formula is C32H48O5S. The highest BCUT2D eigenvalue weighted by molar-refractivity contribution is 7.86. The Morgan fingerprint density at radius 3 is 2.42 bits per heavy atom. The standard InChI is InChI=1S/C32H48O5S/c1-22-7-11-26(12-8-22)38(33,34)36-21-24-10-14-28-27-13-9-23-20-25(37-30-6-4-5-19-35-30)15-17-31(23,2)29(27)16-18-32(24,28)3/h7-8,11-12,23-25,27-30H,4-6,9-10,13-21H2,1-3H3/t23-,24+,25-,27-,28-,29-,30+,31-,32+/m0/s1. The third-order valence-electron chi connectivity index (χ3n) is 12.0.